The van der Waals surface area contributed by atoms with Gasteiger partial charge in [-0.1, -0.05) is 12.1 Å². The van der Waals surface area contributed by atoms with E-state index in [4.69, 9.17) is 0 Å². The van der Waals surface area contributed by atoms with Gasteiger partial charge in [-0.2, -0.15) is 0 Å². The van der Waals surface area contributed by atoms with Crippen molar-refractivity contribution in [3.63, 3.8) is 0 Å². The van der Waals surface area contributed by atoms with Gasteiger partial charge in [0, 0.05) is 31.4 Å². The van der Waals surface area contributed by atoms with Gasteiger partial charge in [-0.15, -0.1) is 0 Å². The molecule has 1 aliphatic carbocycles. The van der Waals surface area contributed by atoms with Crippen LogP contribution < -0.4 is 15.5 Å². The smallest absolute Gasteiger partial charge is 0.321 e. The number of amides is 2. The Morgan fingerprint density at radius 1 is 1.41 bits per heavy atom. The lowest BCUT2D eigenvalue weighted by atomic mass is 10.2. The van der Waals surface area contributed by atoms with Gasteiger partial charge in [0.05, 0.1) is 0 Å². The topological polar surface area (TPSA) is 44.4 Å². The normalized spacial score (nSPS) is 19.5. The molecule has 0 aromatic heterocycles. The minimum Gasteiger partial charge on any atom is -0.336 e. The number of hydrogen-bond acceptors (Lipinski definition) is 2. The van der Waals surface area contributed by atoms with Crippen LogP contribution in [0.2, 0.25) is 0 Å². The summed E-state index contributed by atoms with van der Waals surface area (Å²) in [6.07, 6.45) is 2.60. The molecule has 1 heterocycles. The van der Waals surface area contributed by atoms with Crippen molar-refractivity contribution >= 4 is 11.7 Å². The van der Waals surface area contributed by atoms with Gasteiger partial charge in [-0.05, 0) is 30.5 Å². The Bertz CT molecular complexity index is 428. The lowest BCUT2D eigenvalue weighted by Gasteiger charge is -2.15. The van der Waals surface area contributed by atoms with E-state index in [9.17, 15) is 4.79 Å². The molecule has 1 saturated heterocycles. The van der Waals surface area contributed by atoms with Crippen LogP contribution in [-0.2, 0) is 6.54 Å². The predicted molar refractivity (Wildman–Crippen MR) is 67.0 cm³/mol. The van der Waals surface area contributed by atoms with E-state index in [-0.39, 0.29) is 6.03 Å². The summed E-state index contributed by atoms with van der Waals surface area (Å²) in [5, 5.41) is 6.30. The lowest BCUT2D eigenvalue weighted by molar-refractivity contribution is 0.252. The summed E-state index contributed by atoms with van der Waals surface area (Å²) in [5.41, 5.74) is 2.24. The Labute approximate surface area is 101 Å². The minimum atomic E-state index is 0.0114. The average Bonchev–Trinajstić information content (AvgIpc) is 3.08. The first-order chi connectivity index (χ1) is 8.33. The highest BCUT2D eigenvalue weighted by molar-refractivity contribution is 5.94. The van der Waals surface area contributed by atoms with E-state index < -0.39 is 0 Å². The average molecular weight is 231 g/mol. The fourth-order valence-corrected chi connectivity index (χ4v) is 2.10. The van der Waals surface area contributed by atoms with E-state index in [1.54, 1.807) is 4.90 Å². The molecule has 90 valence electrons. The summed E-state index contributed by atoms with van der Waals surface area (Å²) in [5.74, 6) is 0. The highest BCUT2D eigenvalue weighted by Gasteiger charge is 2.22. The maximum absolute atomic E-state index is 11.6. The van der Waals surface area contributed by atoms with Crippen LogP contribution >= 0.6 is 0 Å². The highest BCUT2D eigenvalue weighted by Crippen LogP contribution is 2.21. The number of nitrogens with zero attached hydrogens (tertiary/aromatic N) is 1. The molecule has 2 fully saturated rings. The molecule has 0 atom stereocenters. The van der Waals surface area contributed by atoms with E-state index in [1.807, 2.05) is 12.1 Å². The molecule has 2 amide bonds. The third-order valence-corrected chi connectivity index (χ3v) is 3.25. The van der Waals surface area contributed by atoms with Gasteiger partial charge in [0.15, 0.2) is 0 Å². The molecule has 0 spiro atoms. The minimum absolute atomic E-state index is 0.0114. The van der Waals surface area contributed by atoms with Gasteiger partial charge in [0.2, 0.25) is 0 Å². The summed E-state index contributed by atoms with van der Waals surface area (Å²) < 4.78 is 0. The number of rotatable bonds is 4. The SMILES string of the molecule is O=C1NCCN1c1cccc(CNC2CC2)c1. The first-order valence-electron chi connectivity index (χ1n) is 6.20. The molecule has 0 unspecified atom stereocenters. The maximum atomic E-state index is 11.6. The van der Waals surface area contributed by atoms with Gasteiger partial charge in [-0.3, -0.25) is 4.90 Å². The van der Waals surface area contributed by atoms with Gasteiger partial charge < -0.3 is 10.6 Å². The van der Waals surface area contributed by atoms with E-state index in [0.29, 0.717) is 6.04 Å². The molecule has 4 nitrogen and oxygen atoms in total. The van der Waals surface area contributed by atoms with Crippen molar-refractivity contribution in [2.24, 2.45) is 0 Å². The number of anilines is 1. The molecule has 1 aromatic carbocycles. The zero-order valence-electron chi connectivity index (χ0n) is 9.78. The molecule has 1 aliphatic heterocycles. The number of carbonyl (C=O) groups excluding carboxylic acids is 1. The molecule has 0 radical (unpaired) electrons. The van der Waals surface area contributed by atoms with Gasteiger partial charge in [-0.25, -0.2) is 4.79 Å². The van der Waals surface area contributed by atoms with Crippen molar-refractivity contribution in [1.29, 1.82) is 0 Å². The zero-order chi connectivity index (χ0) is 11.7. The zero-order valence-corrected chi connectivity index (χ0v) is 9.78. The number of benzene rings is 1. The van der Waals surface area contributed by atoms with E-state index >= 15 is 0 Å². The molecule has 2 N–H and O–H groups in total. The third kappa shape index (κ3) is 2.42. The van der Waals surface area contributed by atoms with Crippen LogP contribution in [-0.4, -0.2) is 25.2 Å². The van der Waals surface area contributed by atoms with Crippen LogP contribution in [0.15, 0.2) is 24.3 Å². The second kappa shape index (κ2) is 4.37. The second-order valence-corrected chi connectivity index (χ2v) is 4.71. The van der Waals surface area contributed by atoms with Crippen LogP contribution in [0.3, 0.4) is 0 Å². The molecule has 1 saturated carbocycles. The van der Waals surface area contributed by atoms with E-state index in [0.717, 1.165) is 25.3 Å². The molecule has 1 aromatic rings. The summed E-state index contributed by atoms with van der Waals surface area (Å²) in [6.45, 7) is 2.40. The molecule has 0 bridgehead atoms. The van der Waals surface area contributed by atoms with Crippen molar-refractivity contribution in [3.8, 4) is 0 Å². The number of urea groups is 1. The Balaban J connectivity index is 1.70. The summed E-state index contributed by atoms with van der Waals surface area (Å²) in [7, 11) is 0. The summed E-state index contributed by atoms with van der Waals surface area (Å²) in [4.78, 5) is 13.4. The first kappa shape index (κ1) is 10.6. The van der Waals surface area contributed by atoms with Gasteiger partial charge >= 0.3 is 6.03 Å². The fraction of sp³-hybridized carbons (Fsp3) is 0.462. The monoisotopic (exact) mass is 231 g/mol. The molecule has 17 heavy (non-hydrogen) atoms. The molecule has 3 rings (SSSR count). The fourth-order valence-electron chi connectivity index (χ4n) is 2.10. The molecular formula is C13H17N3O. The number of hydrogen-bond donors (Lipinski definition) is 2. The quantitative estimate of drug-likeness (QED) is 0.824. The Morgan fingerprint density at radius 3 is 3.00 bits per heavy atom. The Kier molecular flexibility index (Phi) is 2.73. The Hall–Kier alpha value is -1.55. The van der Waals surface area contributed by atoms with Crippen LogP contribution in [0, 0.1) is 0 Å². The van der Waals surface area contributed by atoms with Gasteiger partial charge in [0.1, 0.15) is 0 Å². The van der Waals surface area contributed by atoms with Crippen LogP contribution in [0.1, 0.15) is 18.4 Å². The molecular weight excluding hydrogens is 214 g/mol. The Morgan fingerprint density at radius 2 is 2.29 bits per heavy atom. The number of carbonyl (C=O) groups is 1. The highest BCUT2D eigenvalue weighted by atomic mass is 16.2. The van der Waals surface area contributed by atoms with E-state index in [2.05, 4.69) is 22.8 Å². The third-order valence-electron chi connectivity index (χ3n) is 3.25. The first-order valence-corrected chi connectivity index (χ1v) is 6.20. The van der Waals surface area contributed by atoms with Crippen LogP contribution in [0.5, 0.6) is 0 Å². The largest absolute Gasteiger partial charge is 0.336 e. The van der Waals surface area contributed by atoms with Crippen molar-refractivity contribution in [1.82, 2.24) is 10.6 Å². The van der Waals surface area contributed by atoms with Crippen molar-refractivity contribution < 1.29 is 4.79 Å². The van der Waals surface area contributed by atoms with Crippen LogP contribution in [0.25, 0.3) is 0 Å². The summed E-state index contributed by atoms with van der Waals surface area (Å²) in [6, 6.07) is 8.94. The summed E-state index contributed by atoms with van der Waals surface area (Å²) >= 11 is 0. The van der Waals surface area contributed by atoms with Crippen molar-refractivity contribution in [3.05, 3.63) is 29.8 Å². The predicted octanol–water partition coefficient (Wildman–Crippen LogP) is 1.47. The standard InChI is InChI=1S/C13H17N3O/c17-13-14-6-7-16(13)12-3-1-2-10(8-12)9-15-11-4-5-11/h1-3,8,11,15H,4-7,9H2,(H,14,17). The second-order valence-electron chi connectivity index (χ2n) is 4.71. The van der Waals surface area contributed by atoms with Gasteiger partial charge in [0.25, 0.3) is 0 Å². The lowest BCUT2D eigenvalue weighted by Crippen LogP contribution is -2.27. The maximum Gasteiger partial charge on any atom is 0.321 e. The number of nitrogens with one attached hydrogen (secondary N) is 2. The van der Waals surface area contributed by atoms with Crippen LogP contribution in [0.4, 0.5) is 10.5 Å². The molecule has 4 heteroatoms. The molecule has 2 aliphatic rings. The van der Waals surface area contributed by atoms with Crippen molar-refractivity contribution in [2.75, 3.05) is 18.0 Å². The van der Waals surface area contributed by atoms with Crippen molar-refractivity contribution in [2.45, 2.75) is 25.4 Å². The van der Waals surface area contributed by atoms with E-state index in [1.165, 1.54) is 18.4 Å².